The monoisotopic (exact) mass is 181 g/mol. The van der Waals surface area contributed by atoms with E-state index < -0.39 is 0 Å². The summed E-state index contributed by atoms with van der Waals surface area (Å²) in [6, 6.07) is 0.340. The van der Waals surface area contributed by atoms with Crippen molar-refractivity contribution in [1.82, 2.24) is 15.3 Å². The van der Waals surface area contributed by atoms with E-state index >= 15 is 0 Å². The van der Waals surface area contributed by atoms with Gasteiger partial charge < -0.3 is 10.1 Å². The van der Waals surface area contributed by atoms with Crippen molar-refractivity contribution < 1.29 is 4.74 Å². The van der Waals surface area contributed by atoms with E-state index in [9.17, 15) is 0 Å². The third-order valence-electron chi connectivity index (χ3n) is 1.66. The highest BCUT2D eigenvalue weighted by molar-refractivity contribution is 4.93. The molecule has 0 amide bonds. The van der Waals surface area contributed by atoms with E-state index in [0.29, 0.717) is 12.6 Å². The van der Waals surface area contributed by atoms with Crippen molar-refractivity contribution >= 4 is 0 Å². The number of rotatable bonds is 5. The van der Waals surface area contributed by atoms with E-state index in [1.165, 1.54) is 0 Å². The first kappa shape index (κ1) is 10.1. The maximum atomic E-state index is 4.99. The smallest absolute Gasteiger partial charge is 0.0724 e. The van der Waals surface area contributed by atoms with Gasteiger partial charge in [-0.2, -0.15) is 0 Å². The van der Waals surface area contributed by atoms with E-state index in [1.807, 2.05) is 0 Å². The molecule has 0 saturated heterocycles. The number of hydrogen-bond donors (Lipinski definition) is 1. The molecule has 1 rings (SSSR count). The van der Waals surface area contributed by atoms with Crippen molar-refractivity contribution in [2.24, 2.45) is 0 Å². The normalized spacial score (nSPS) is 12.8. The van der Waals surface area contributed by atoms with Crippen LogP contribution in [0.3, 0.4) is 0 Å². The second-order valence-corrected chi connectivity index (χ2v) is 2.93. The molecule has 1 aromatic rings. The number of methoxy groups -OCH3 is 1. The Hall–Kier alpha value is -1.00. The van der Waals surface area contributed by atoms with Gasteiger partial charge in [0.25, 0.3) is 0 Å². The van der Waals surface area contributed by atoms with Crippen molar-refractivity contribution in [3.05, 3.63) is 24.3 Å². The molecular weight excluding hydrogens is 166 g/mol. The standard InChI is InChI=1S/C9H15N3O/c1-8(7-13-2)12-6-9-5-10-3-4-11-9/h3-5,8,12H,6-7H2,1-2H3. The lowest BCUT2D eigenvalue weighted by molar-refractivity contribution is 0.171. The summed E-state index contributed by atoms with van der Waals surface area (Å²) in [4.78, 5) is 8.12. The van der Waals surface area contributed by atoms with Crippen LogP contribution in [0.5, 0.6) is 0 Å². The predicted molar refractivity (Wildman–Crippen MR) is 50.2 cm³/mol. The van der Waals surface area contributed by atoms with Crippen LogP contribution in [0.15, 0.2) is 18.6 Å². The Morgan fingerprint density at radius 2 is 2.38 bits per heavy atom. The van der Waals surface area contributed by atoms with Gasteiger partial charge in [0.2, 0.25) is 0 Å². The zero-order valence-electron chi connectivity index (χ0n) is 8.03. The number of aromatic nitrogens is 2. The first-order valence-electron chi connectivity index (χ1n) is 4.30. The van der Waals surface area contributed by atoms with Crippen molar-refractivity contribution in [1.29, 1.82) is 0 Å². The quantitative estimate of drug-likeness (QED) is 0.722. The lowest BCUT2D eigenvalue weighted by Gasteiger charge is -2.11. The van der Waals surface area contributed by atoms with E-state index in [1.54, 1.807) is 25.7 Å². The van der Waals surface area contributed by atoms with Crippen molar-refractivity contribution in [3.8, 4) is 0 Å². The number of ether oxygens (including phenoxy) is 1. The first-order valence-corrected chi connectivity index (χ1v) is 4.30. The Labute approximate surface area is 78.4 Å². The molecule has 0 radical (unpaired) electrons. The highest BCUT2D eigenvalue weighted by atomic mass is 16.5. The minimum absolute atomic E-state index is 0.340. The second kappa shape index (κ2) is 5.61. The van der Waals surface area contributed by atoms with Crippen LogP contribution in [0, 0.1) is 0 Å². The van der Waals surface area contributed by atoms with E-state index in [-0.39, 0.29) is 0 Å². The van der Waals surface area contributed by atoms with Crippen LogP contribution in [0.1, 0.15) is 12.6 Å². The molecule has 1 N–H and O–H groups in total. The lowest BCUT2D eigenvalue weighted by atomic mass is 10.3. The summed E-state index contributed by atoms with van der Waals surface area (Å²) < 4.78 is 4.99. The van der Waals surface area contributed by atoms with Crippen LogP contribution in [0.4, 0.5) is 0 Å². The molecule has 1 heterocycles. The third-order valence-corrected chi connectivity index (χ3v) is 1.66. The fourth-order valence-electron chi connectivity index (χ4n) is 1.01. The molecule has 0 fully saturated rings. The highest BCUT2D eigenvalue weighted by Gasteiger charge is 2.00. The largest absolute Gasteiger partial charge is 0.383 e. The van der Waals surface area contributed by atoms with Gasteiger partial charge in [-0.3, -0.25) is 9.97 Å². The average molecular weight is 181 g/mol. The van der Waals surface area contributed by atoms with Crippen LogP contribution in [-0.4, -0.2) is 29.7 Å². The SMILES string of the molecule is COCC(C)NCc1cnccn1. The molecule has 13 heavy (non-hydrogen) atoms. The van der Waals surface area contributed by atoms with Gasteiger partial charge in [-0.05, 0) is 6.92 Å². The minimum atomic E-state index is 0.340. The van der Waals surface area contributed by atoms with Gasteiger partial charge in [-0.1, -0.05) is 0 Å². The second-order valence-electron chi connectivity index (χ2n) is 2.93. The molecular formula is C9H15N3O. The topological polar surface area (TPSA) is 47.0 Å². The fraction of sp³-hybridized carbons (Fsp3) is 0.556. The van der Waals surface area contributed by atoms with Crippen molar-refractivity contribution in [2.75, 3.05) is 13.7 Å². The lowest BCUT2D eigenvalue weighted by Crippen LogP contribution is -2.29. The molecule has 1 unspecified atom stereocenters. The Morgan fingerprint density at radius 3 is 3.00 bits per heavy atom. The van der Waals surface area contributed by atoms with Crippen LogP contribution in [0.2, 0.25) is 0 Å². The zero-order valence-corrected chi connectivity index (χ0v) is 8.03. The van der Waals surface area contributed by atoms with Crippen LogP contribution >= 0.6 is 0 Å². The number of nitrogens with zero attached hydrogens (tertiary/aromatic N) is 2. The molecule has 1 atom stereocenters. The molecule has 0 aliphatic rings. The minimum Gasteiger partial charge on any atom is -0.383 e. The van der Waals surface area contributed by atoms with Crippen molar-refractivity contribution in [2.45, 2.75) is 19.5 Å². The van der Waals surface area contributed by atoms with Crippen molar-refractivity contribution in [3.63, 3.8) is 0 Å². The molecule has 4 nitrogen and oxygen atoms in total. The first-order chi connectivity index (χ1) is 6.33. The molecule has 0 aliphatic heterocycles. The maximum absolute atomic E-state index is 4.99. The summed E-state index contributed by atoms with van der Waals surface area (Å²) in [6.45, 7) is 3.51. The summed E-state index contributed by atoms with van der Waals surface area (Å²) in [5, 5.41) is 3.27. The third kappa shape index (κ3) is 3.96. The molecule has 0 aliphatic carbocycles. The summed E-state index contributed by atoms with van der Waals surface area (Å²) >= 11 is 0. The summed E-state index contributed by atoms with van der Waals surface area (Å²) in [6.07, 6.45) is 5.12. The summed E-state index contributed by atoms with van der Waals surface area (Å²) in [5.41, 5.74) is 0.949. The Morgan fingerprint density at radius 1 is 1.54 bits per heavy atom. The van der Waals surface area contributed by atoms with Gasteiger partial charge in [0.1, 0.15) is 0 Å². The summed E-state index contributed by atoms with van der Waals surface area (Å²) in [7, 11) is 1.69. The summed E-state index contributed by atoms with van der Waals surface area (Å²) in [5.74, 6) is 0. The van der Waals surface area contributed by atoms with Gasteiger partial charge >= 0.3 is 0 Å². The van der Waals surface area contributed by atoms with E-state index in [4.69, 9.17) is 4.74 Å². The van der Waals surface area contributed by atoms with Gasteiger partial charge in [-0.25, -0.2) is 0 Å². The van der Waals surface area contributed by atoms with Crippen LogP contribution < -0.4 is 5.32 Å². The Balaban J connectivity index is 2.27. The van der Waals surface area contributed by atoms with Crippen LogP contribution in [-0.2, 0) is 11.3 Å². The fourth-order valence-corrected chi connectivity index (χ4v) is 1.01. The molecule has 0 saturated carbocycles. The van der Waals surface area contributed by atoms with Crippen LogP contribution in [0.25, 0.3) is 0 Å². The van der Waals surface area contributed by atoms with Gasteiger partial charge in [-0.15, -0.1) is 0 Å². The van der Waals surface area contributed by atoms with Gasteiger partial charge in [0.05, 0.1) is 12.3 Å². The molecule has 0 spiro atoms. The zero-order chi connectivity index (χ0) is 9.52. The molecule has 0 bridgehead atoms. The maximum Gasteiger partial charge on any atom is 0.0724 e. The average Bonchev–Trinajstić information content (AvgIpc) is 2.17. The Bertz CT molecular complexity index is 228. The predicted octanol–water partition coefficient (Wildman–Crippen LogP) is 0.601. The highest BCUT2D eigenvalue weighted by Crippen LogP contribution is 1.91. The van der Waals surface area contributed by atoms with E-state index in [0.717, 1.165) is 12.2 Å². The molecule has 0 aromatic carbocycles. The van der Waals surface area contributed by atoms with Gasteiger partial charge in [0, 0.05) is 38.3 Å². The number of hydrogen-bond acceptors (Lipinski definition) is 4. The Kier molecular flexibility index (Phi) is 4.35. The van der Waals surface area contributed by atoms with Gasteiger partial charge in [0.15, 0.2) is 0 Å². The molecule has 72 valence electrons. The number of nitrogens with one attached hydrogen (secondary N) is 1. The molecule has 4 heteroatoms. The molecule has 1 aromatic heterocycles. The van der Waals surface area contributed by atoms with E-state index in [2.05, 4.69) is 22.2 Å².